The molecule has 93 heavy (non-hydrogen) atoms. The molecule has 17 nitrogen and oxygen atoms in total. The van der Waals surface area contributed by atoms with Crippen molar-refractivity contribution in [1.82, 2.24) is 0 Å². The molecule has 0 fully saturated rings. The summed E-state index contributed by atoms with van der Waals surface area (Å²) < 4.78 is 68.4. The maximum atomic E-state index is 13.1. The molecule has 0 saturated carbocycles. The second-order valence-corrected chi connectivity index (χ2v) is 31.3. The molecular formula is C74H144O17P2. The Morgan fingerprint density at radius 1 is 0.301 bits per heavy atom. The molecular weight excluding hydrogens is 1220 g/mol. The average Bonchev–Trinajstić information content (AvgIpc) is 2.15. The summed E-state index contributed by atoms with van der Waals surface area (Å²) in [5.74, 6) is 0.909. The first-order valence-electron chi connectivity index (χ1n) is 38.2. The van der Waals surface area contributed by atoms with Crippen LogP contribution in [0.1, 0.15) is 370 Å². The van der Waals surface area contributed by atoms with Crippen LogP contribution in [0.3, 0.4) is 0 Å². The van der Waals surface area contributed by atoms with E-state index in [1.165, 1.54) is 167 Å². The number of hydrogen-bond donors (Lipinski definition) is 3. The molecule has 0 rings (SSSR count). The van der Waals surface area contributed by atoms with Gasteiger partial charge in [-0.2, -0.15) is 0 Å². The summed E-state index contributed by atoms with van der Waals surface area (Å²) in [5.41, 5.74) is 0. The largest absolute Gasteiger partial charge is 0.472 e. The van der Waals surface area contributed by atoms with E-state index in [2.05, 4.69) is 55.4 Å². The van der Waals surface area contributed by atoms with Crippen LogP contribution in [0.2, 0.25) is 0 Å². The van der Waals surface area contributed by atoms with Crippen LogP contribution in [0, 0.1) is 23.7 Å². The predicted octanol–water partition coefficient (Wildman–Crippen LogP) is 21.3. The van der Waals surface area contributed by atoms with E-state index in [4.69, 9.17) is 37.0 Å². The fourth-order valence-corrected chi connectivity index (χ4v) is 12.7. The van der Waals surface area contributed by atoms with Gasteiger partial charge in [0.15, 0.2) is 12.2 Å². The van der Waals surface area contributed by atoms with Gasteiger partial charge in [0.05, 0.1) is 26.4 Å². The van der Waals surface area contributed by atoms with Crippen LogP contribution < -0.4 is 0 Å². The van der Waals surface area contributed by atoms with Gasteiger partial charge in [0.2, 0.25) is 0 Å². The van der Waals surface area contributed by atoms with Crippen LogP contribution in [0.4, 0.5) is 0 Å². The molecule has 3 unspecified atom stereocenters. The Morgan fingerprint density at radius 3 is 0.763 bits per heavy atom. The molecule has 0 aliphatic rings. The number of ether oxygens (including phenoxy) is 4. The second kappa shape index (κ2) is 63.5. The fraction of sp³-hybridized carbons (Fsp3) is 0.946. The predicted molar refractivity (Wildman–Crippen MR) is 377 cm³/mol. The van der Waals surface area contributed by atoms with Gasteiger partial charge in [0, 0.05) is 25.7 Å². The van der Waals surface area contributed by atoms with Crippen molar-refractivity contribution in [2.75, 3.05) is 39.6 Å². The van der Waals surface area contributed by atoms with Crippen LogP contribution in [0.5, 0.6) is 0 Å². The standard InChI is InChI=1S/C74H144O17P2/c1-9-67(8)53-45-37-28-22-16-12-10-11-13-17-23-30-40-48-56-73(78)90-69(60-84-71(76)54-46-38-29-25-19-21-27-35-43-51-65(4)5)62-88-92(80,81)86-58-68(75)59-87-93(82,83)89-63-70(61-85-72(77)55-47-39-33-32-36-44-52-66(6)7)91-74(79)57-49-41-31-24-18-14-15-20-26-34-42-50-64(2)3/h64-70,75H,9-63H2,1-8H3,(H,80,81)(H,82,83)/t67?,68-,69-,70-/m1/s1. The summed E-state index contributed by atoms with van der Waals surface area (Å²) >= 11 is 0. The van der Waals surface area contributed by atoms with E-state index in [0.29, 0.717) is 31.6 Å². The first-order valence-corrected chi connectivity index (χ1v) is 41.2. The van der Waals surface area contributed by atoms with Crippen LogP contribution in [-0.4, -0.2) is 96.7 Å². The van der Waals surface area contributed by atoms with Gasteiger partial charge in [0.25, 0.3) is 0 Å². The van der Waals surface area contributed by atoms with E-state index in [0.717, 1.165) is 114 Å². The Balaban J connectivity index is 5.23. The lowest BCUT2D eigenvalue weighted by atomic mass is 9.99. The zero-order valence-electron chi connectivity index (χ0n) is 60.9. The molecule has 0 aromatic carbocycles. The van der Waals surface area contributed by atoms with Crippen molar-refractivity contribution in [3.05, 3.63) is 0 Å². The molecule has 0 aliphatic carbocycles. The van der Waals surface area contributed by atoms with E-state index in [-0.39, 0.29) is 25.7 Å². The summed E-state index contributed by atoms with van der Waals surface area (Å²) in [6, 6.07) is 0. The number of carbonyl (C=O) groups is 4. The number of aliphatic hydroxyl groups is 1. The molecule has 0 bridgehead atoms. The maximum absolute atomic E-state index is 13.1. The number of aliphatic hydroxyl groups excluding tert-OH is 1. The number of hydrogen-bond acceptors (Lipinski definition) is 15. The van der Waals surface area contributed by atoms with Gasteiger partial charge >= 0.3 is 39.5 Å². The number of unbranched alkanes of at least 4 members (excludes halogenated alkanes) is 36. The minimum absolute atomic E-state index is 0.105. The molecule has 0 heterocycles. The van der Waals surface area contributed by atoms with Crippen molar-refractivity contribution >= 4 is 39.5 Å². The second-order valence-electron chi connectivity index (χ2n) is 28.4. The summed E-state index contributed by atoms with van der Waals surface area (Å²) in [7, 11) is -9.91. The number of rotatable bonds is 71. The molecule has 3 N–H and O–H groups in total. The molecule has 19 heteroatoms. The molecule has 0 aromatic heterocycles. The third-order valence-corrected chi connectivity index (χ3v) is 19.3. The summed E-state index contributed by atoms with van der Waals surface area (Å²) in [5, 5.41) is 10.6. The van der Waals surface area contributed by atoms with Crippen molar-refractivity contribution < 1.29 is 80.2 Å². The average molecular weight is 1370 g/mol. The Bertz CT molecular complexity index is 1840. The van der Waals surface area contributed by atoms with E-state index in [1.807, 2.05) is 0 Å². The zero-order valence-corrected chi connectivity index (χ0v) is 62.7. The molecule has 6 atom stereocenters. The summed E-state index contributed by atoms with van der Waals surface area (Å²) in [4.78, 5) is 72.7. The zero-order chi connectivity index (χ0) is 68.9. The normalized spacial score (nSPS) is 14.5. The smallest absolute Gasteiger partial charge is 0.462 e. The minimum Gasteiger partial charge on any atom is -0.462 e. The number of phosphoric ester groups is 2. The van der Waals surface area contributed by atoms with Gasteiger partial charge < -0.3 is 33.8 Å². The highest BCUT2D eigenvalue weighted by atomic mass is 31.2. The number of phosphoric acid groups is 2. The first kappa shape index (κ1) is 91.1. The Labute approximate surface area is 568 Å². The van der Waals surface area contributed by atoms with E-state index in [1.54, 1.807) is 0 Å². The van der Waals surface area contributed by atoms with Gasteiger partial charge in [-0.15, -0.1) is 0 Å². The highest BCUT2D eigenvalue weighted by Crippen LogP contribution is 2.45. The maximum Gasteiger partial charge on any atom is 0.472 e. The van der Waals surface area contributed by atoms with Gasteiger partial charge in [-0.05, 0) is 49.4 Å². The highest BCUT2D eigenvalue weighted by Gasteiger charge is 2.30. The van der Waals surface area contributed by atoms with Gasteiger partial charge in [0.1, 0.15) is 19.3 Å². The molecule has 0 saturated heterocycles. The van der Waals surface area contributed by atoms with Crippen molar-refractivity contribution in [2.24, 2.45) is 23.7 Å². The van der Waals surface area contributed by atoms with Gasteiger partial charge in [-0.3, -0.25) is 37.3 Å². The summed E-state index contributed by atoms with van der Waals surface area (Å²) in [6.07, 6.45) is 47.3. The lowest BCUT2D eigenvalue weighted by Gasteiger charge is -2.21. The quantitative estimate of drug-likeness (QED) is 0.0222. The van der Waals surface area contributed by atoms with Crippen molar-refractivity contribution in [2.45, 2.75) is 388 Å². The first-order chi connectivity index (χ1) is 44.6. The highest BCUT2D eigenvalue weighted by molar-refractivity contribution is 7.47. The van der Waals surface area contributed by atoms with Crippen LogP contribution >= 0.6 is 15.6 Å². The summed E-state index contributed by atoms with van der Waals surface area (Å²) in [6.45, 7) is 14.1. The monoisotopic (exact) mass is 1370 g/mol. The van der Waals surface area contributed by atoms with Gasteiger partial charge in [-0.1, -0.05) is 319 Å². The molecule has 0 aliphatic heterocycles. The van der Waals surface area contributed by atoms with E-state index >= 15 is 0 Å². The van der Waals surface area contributed by atoms with Gasteiger partial charge in [-0.25, -0.2) is 9.13 Å². The number of esters is 4. The molecule has 0 aromatic rings. The molecule has 0 radical (unpaired) electrons. The topological polar surface area (TPSA) is 237 Å². The fourth-order valence-electron chi connectivity index (χ4n) is 11.2. The minimum atomic E-state index is -4.96. The third-order valence-electron chi connectivity index (χ3n) is 17.4. The Hall–Kier alpha value is -1.94. The molecule has 0 amide bonds. The third kappa shape index (κ3) is 67.0. The van der Waals surface area contributed by atoms with Crippen LogP contribution in [-0.2, 0) is 65.4 Å². The van der Waals surface area contributed by atoms with Crippen LogP contribution in [0.25, 0.3) is 0 Å². The Kier molecular flexibility index (Phi) is 62.2. The number of carbonyl (C=O) groups excluding carboxylic acids is 4. The lowest BCUT2D eigenvalue weighted by molar-refractivity contribution is -0.161. The molecule has 0 spiro atoms. The van der Waals surface area contributed by atoms with Crippen molar-refractivity contribution in [1.29, 1.82) is 0 Å². The van der Waals surface area contributed by atoms with E-state index < -0.39 is 97.5 Å². The Morgan fingerprint density at radius 2 is 0.516 bits per heavy atom. The van der Waals surface area contributed by atoms with E-state index in [9.17, 15) is 43.2 Å². The van der Waals surface area contributed by atoms with Crippen molar-refractivity contribution in [3.8, 4) is 0 Å². The van der Waals surface area contributed by atoms with Crippen LogP contribution in [0.15, 0.2) is 0 Å². The lowest BCUT2D eigenvalue weighted by Crippen LogP contribution is -2.30. The molecule has 552 valence electrons. The van der Waals surface area contributed by atoms with Crippen molar-refractivity contribution in [3.63, 3.8) is 0 Å². The SMILES string of the molecule is CCC(C)CCCCCCCCCCCCCCCCC(=O)O[C@H](COC(=O)CCCCCCCCCCCC(C)C)COP(=O)(O)OC[C@@H](O)COP(=O)(O)OC[C@@H](COC(=O)CCCCCCCCC(C)C)OC(=O)CCCCCCCCCCCCCC(C)C.